The number of benzene rings is 1. The highest BCUT2D eigenvalue weighted by atomic mass is 15.3. The maximum atomic E-state index is 4.39. The summed E-state index contributed by atoms with van der Waals surface area (Å²) >= 11 is 0. The fraction of sp³-hybridized carbons (Fsp3) is 0.0769. The van der Waals surface area contributed by atoms with E-state index < -0.39 is 0 Å². The summed E-state index contributed by atoms with van der Waals surface area (Å²) in [7, 11) is 0. The van der Waals surface area contributed by atoms with Gasteiger partial charge in [-0.15, -0.1) is 0 Å². The number of hydrogen-bond donors (Lipinski definition) is 0. The normalized spacial score (nSPS) is 10.8. The summed E-state index contributed by atoms with van der Waals surface area (Å²) in [5.74, 6) is 0.854. The lowest BCUT2D eigenvalue weighted by atomic mass is 10.2. The standard InChI is InChI=1S/C13H11N3/c1-10-7-15-16(9-10)13-6-11-4-2-3-5-12(11)8-14-13/h2-9H,1H3. The van der Waals surface area contributed by atoms with Crippen molar-refractivity contribution in [2.45, 2.75) is 6.92 Å². The Bertz CT molecular complexity index is 640. The quantitative estimate of drug-likeness (QED) is 0.617. The van der Waals surface area contributed by atoms with Crippen LogP contribution in [0.3, 0.4) is 0 Å². The number of fused-ring (bicyclic) bond motifs is 1. The maximum absolute atomic E-state index is 4.39. The molecule has 3 aromatic rings. The summed E-state index contributed by atoms with van der Waals surface area (Å²) in [6, 6.07) is 10.2. The van der Waals surface area contributed by atoms with E-state index >= 15 is 0 Å². The number of aryl methyl sites for hydroxylation is 1. The Morgan fingerprint density at radius 3 is 2.62 bits per heavy atom. The summed E-state index contributed by atoms with van der Waals surface area (Å²) in [5.41, 5.74) is 1.13. The smallest absolute Gasteiger partial charge is 0.153 e. The van der Waals surface area contributed by atoms with Gasteiger partial charge in [-0.3, -0.25) is 0 Å². The second-order valence-electron chi connectivity index (χ2n) is 3.85. The molecule has 0 bridgehead atoms. The first-order chi connectivity index (χ1) is 7.83. The molecule has 0 fully saturated rings. The van der Waals surface area contributed by atoms with Crippen LogP contribution in [0.25, 0.3) is 16.6 Å². The van der Waals surface area contributed by atoms with Crippen LogP contribution in [0.15, 0.2) is 48.9 Å². The summed E-state index contributed by atoms with van der Waals surface area (Å²) in [6.45, 7) is 2.02. The van der Waals surface area contributed by atoms with E-state index in [1.54, 1.807) is 4.68 Å². The third kappa shape index (κ3) is 1.46. The maximum Gasteiger partial charge on any atom is 0.153 e. The van der Waals surface area contributed by atoms with Crippen molar-refractivity contribution >= 4 is 10.8 Å². The molecular weight excluding hydrogens is 198 g/mol. The van der Waals surface area contributed by atoms with E-state index in [0.29, 0.717) is 0 Å². The number of pyridine rings is 1. The molecule has 0 atom stereocenters. The molecule has 3 heteroatoms. The number of nitrogens with zero attached hydrogens (tertiary/aromatic N) is 3. The predicted octanol–water partition coefficient (Wildman–Crippen LogP) is 2.73. The van der Waals surface area contributed by atoms with Crippen molar-refractivity contribution in [2.24, 2.45) is 0 Å². The van der Waals surface area contributed by atoms with Gasteiger partial charge in [-0.2, -0.15) is 5.10 Å². The van der Waals surface area contributed by atoms with E-state index in [9.17, 15) is 0 Å². The lowest BCUT2D eigenvalue weighted by molar-refractivity contribution is 0.849. The number of aromatic nitrogens is 3. The van der Waals surface area contributed by atoms with Crippen LogP contribution in [-0.4, -0.2) is 14.8 Å². The zero-order chi connectivity index (χ0) is 11.0. The van der Waals surface area contributed by atoms with Crippen LogP contribution < -0.4 is 0 Å². The molecule has 0 aliphatic carbocycles. The highest BCUT2D eigenvalue weighted by molar-refractivity contribution is 5.82. The molecule has 0 amide bonds. The SMILES string of the molecule is Cc1cnn(-c2cc3ccccc3cn2)c1. The van der Waals surface area contributed by atoms with Crippen molar-refractivity contribution in [2.75, 3.05) is 0 Å². The molecule has 78 valence electrons. The Balaban J connectivity index is 2.18. The Kier molecular flexibility index (Phi) is 1.96. The van der Waals surface area contributed by atoms with Gasteiger partial charge in [0.2, 0.25) is 0 Å². The van der Waals surface area contributed by atoms with Crippen LogP contribution in [0.2, 0.25) is 0 Å². The van der Waals surface area contributed by atoms with Gasteiger partial charge in [0, 0.05) is 17.8 Å². The summed E-state index contributed by atoms with van der Waals surface area (Å²) < 4.78 is 1.79. The Morgan fingerprint density at radius 2 is 1.88 bits per heavy atom. The Morgan fingerprint density at radius 1 is 1.06 bits per heavy atom. The second kappa shape index (κ2) is 3.45. The van der Waals surface area contributed by atoms with Crippen molar-refractivity contribution in [1.82, 2.24) is 14.8 Å². The molecule has 2 heterocycles. The molecule has 1 aromatic carbocycles. The third-order valence-electron chi connectivity index (χ3n) is 2.56. The molecule has 0 unspecified atom stereocenters. The van der Waals surface area contributed by atoms with E-state index in [1.807, 2.05) is 43.7 Å². The second-order valence-corrected chi connectivity index (χ2v) is 3.85. The lowest BCUT2D eigenvalue weighted by Crippen LogP contribution is -1.97. The first kappa shape index (κ1) is 9.09. The van der Waals surface area contributed by atoms with Crippen molar-refractivity contribution in [1.29, 1.82) is 0 Å². The molecule has 0 radical (unpaired) electrons. The van der Waals surface area contributed by atoms with Crippen molar-refractivity contribution in [3.05, 3.63) is 54.5 Å². The summed E-state index contributed by atoms with van der Waals surface area (Å²) in [5, 5.41) is 6.58. The Hall–Kier alpha value is -2.16. The van der Waals surface area contributed by atoms with Gasteiger partial charge in [0.05, 0.1) is 6.20 Å². The van der Waals surface area contributed by atoms with Gasteiger partial charge in [-0.1, -0.05) is 24.3 Å². The molecule has 0 aliphatic heterocycles. The van der Waals surface area contributed by atoms with Gasteiger partial charge in [0.15, 0.2) is 5.82 Å². The molecule has 3 rings (SSSR count). The molecular formula is C13H11N3. The average molecular weight is 209 g/mol. The summed E-state index contributed by atoms with van der Waals surface area (Å²) in [4.78, 5) is 4.39. The van der Waals surface area contributed by atoms with Crippen molar-refractivity contribution < 1.29 is 0 Å². The van der Waals surface area contributed by atoms with E-state index in [-0.39, 0.29) is 0 Å². The van der Waals surface area contributed by atoms with E-state index in [1.165, 1.54) is 5.39 Å². The van der Waals surface area contributed by atoms with Crippen LogP contribution in [0.5, 0.6) is 0 Å². The molecule has 3 nitrogen and oxygen atoms in total. The van der Waals surface area contributed by atoms with Gasteiger partial charge < -0.3 is 0 Å². The number of hydrogen-bond acceptors (Lipinski definition) is 2. The molecule has 0 saturated heterocycles. The third-order valence-corrected chi connectivity index (χ3v) is 2.56. The molecule has 0 spiro atoms. The topological polar surface area (TPSA) is 30.7 Å². The highest BCUT2D eigenvalue weighted by Gasteiger charge is 2.00. The monoisotopic (exact) mass is 209 g/mol. The number of rotatable bonds is 1. The van der Waals surface area contributed by atoms with E-state index in [2.05, 4.69) is 22.2 Å². The van der Waals surface area contributed by atoms with E-state index in [4.69, 9.17) is 0 Å². The zero-order valence-electron chi connectivity index (χ0n) is 8.96. The first-order valence-electron chi connectivity index (χ1n) is 5.19. The predicted molar refractivity (Wildman–Crippen MR) is 63.6 cm³/mol. The largest absolute Gasteiger partial charge is 0.236 e. The van der Waals surface area contributed by atoms with Gasteiger partial charge in [0.25, 0.3) is 0 Å². The zero-order valence-corrected chi connectivity index (χ0v) is 8.96. The van der Waals surface area contributed by atoms with Crippen LogP contribution in [0.4, 0.5) is 0 Å². The van der Waals surface area contributed by atoms with Crippen LogP contribution >= 0.6 is 0 Å². The van der Waals surface area contributed by atoms with Crippen LogP contribution in [-0.2, 0) is 0 Å². The fourth-order valence-electron chi connectivity index (χ4n) is 1.74. The molecule has 16 heavy (non-hydrogen) atoms. The van der Waals surface area contributed by atoms with E-state index in [0.717, 1.165) is 16.8 Å². The molecule has 0 saturated carbocycles. The minimum atomic E-state index is 0.854. The van der Waals surface area contributed by atoms with Crippen LogP contribution in [0.1, 0.15) is 5.56 Å². The summed E-state index contributed by atoms with van der Waals surface area (Å²) in [6.07, 6.45) is 5.68. The highest BCUT2D eigenvalue weighted by Crippen LogP contribution is 2.15. The van der Waals surface area contributed by atoms with Gasteiger partial charge in [0.1, 0.15) is 0 Å². The lowest BCUT2D eigenvalue weighted by Gasteiger charge is -2.02. The van der Waals surface area contributed by atoms with Crippen molar-refractivity contribution in [3.8, 4) is 5.82 Å². The van der Waals surface area contributed by atoms with Gasteiger partial charge in [-0.25, -0.2) is 9.67 Å². The minimum absolute atomic E-state index is 0.854. The van der Waals surface area contributed by atoms with Crippen LogP contribution in [0, 0.1) is 6.92 Å². The van der Waals surface area contributed by atoms with Gasteiger partial charge >= 0.3 is 0 Å². The average Bonchev–Trinajstić information content (AvgIpc) is 2.75. The molecule has 0 N–H and O–H groups in total. The minimum Gasteiger partial charge on any atom is -0.236 e. The first-order valence-corrected chi connectivity index (χ1v) is 5.19. The molecule has 0 aliphatic rings. The van der Waals surface area contributed by atoms with Crippen molar-refractivity contribution in [3.63, 3.8) is 0 Å². The Labute approximate surface area is 93.4 Å². The van der Waals surface area contributed by atoms with Gasteiger partial charge in [-0.05, 0) is 23.9 Å². The fourth-order valence-corrected chi connectivity index (χ4v) is 1.74. The molecule has 2 aromatic heterocycles.